The number of aliphatic hydroxyl groups is 1. The summed E-state index contributed by atoms with van der Waals surface area (Å²) in [5.74, 6) is 0.323. The van der Waals surface area contributed by atoms with Crippen LogP contribution in [0.5, 0.6) is 0 Å². The Bertz CT molecular complexity index is 667. The highest BCUT2D eigenvalue weighted by atomic mass is 32.2. The molecule has 1 aromatic rings. The van der Waals surface area contributed by atoms with E-state index in [1.165, 1.54) is 23.7 Å². The van der Waals surface area contributed by atoms with Gasteiger partial charge in [-0.2, -0.15) is 8.42 Å². The van der Waals surface area contributed by atoms with E-state index < -0.39 is 10.2 Å². The third-order valence-electron chi connectivity index (χ3n) is 4.08. The van der Waals surface area contributed by atoms with Gasteiger partial charge < -0.3 is 5.11 Å². The number of aryl methyl sites for hydroxylation is 1. The first-order chi connectivity index (χ1) is 9.49. The number of rotatable bonds is 2. The van der Waals surface area contributed by atoms with Crippen molar-refractivity contribution < 1.29 is 13.5 Å². The van der Waals surface area contributed by atoms with Crippen LogP contribution in [0.15, 0.2) is 30.3 Å². The molecule has 108 valence electrons. The first-order valence-electron chi connectivity index (χ1n) is 6.84. The fourth-order valence-corrected chi connectivity index (χ4v) is 3.95. The van der Waals surface area contributed by atoms with Crippen LogP contribution in [0, 0.1) is 5.92 Å². The van der Waals surface area contributed by atoms with Crippen molar-refractivity contribution in [2.24, 2.45) is 5.92 Å². The van der Waals surface area contributed by atoms with Gasteiger partial charge in [-0.1, -0.05) is 19.4 Å². The quantitative estimate of drug-likeness (QED) is 0.878. The van der Waals surface area contributed by atoms with Crippen LogP contribution in [0.2, 0.25) is 0 Å². The molecule has 0 saturated heterocycles. The van der Waals surface area contributed by atoms with Crippen molar-refractivity contribution in [2.45, 2.75) is 32.6 Å². The van der Waals surface area contributed by atoms with E-state index in [4.69, 9.17) is 0 Å². The van der Waals surface area contributed by atoms with Crippen LogP contribution in [0.25, 0.3) is 0 Å². The van der Waals surface area contributed by atoms with E-state index in [2.05, 4.69) is 11.6 Å². The largest absolute Gasteiger partial charge is 0.493 e. The number of anilines is 1. The van der Waals surface area contributed by atoms with E-state index in [0.717, 1.165) is 23.6 Å². The summed E-state index contributed by atoms with van der Waals surface area (Å²) in [6, 6.07) is 5.71. The summed E-state index contributed by atoms with van der Waals surface area (Å²) < 4.78 is 26.9. The lowest BCUT2D eigenvalue weighted by Gasteiger charge is -2.25. The van der Waals surface area contributed by atoms with Gasteiger partial charge in [0.05, 0.1) is 11.9 Å². The molecule has 1 aliphatic heterocycles. The van der Waals surface area contributed by atoms with Crippen LogP contribution in [0.3, 0.4) is 0 Å². The topological polar surface area (TPSA) is 69.6 Å². The van der Waals surface area contributed by atoms with Crippen LogP contribution in [-0.2, 0) is 23.1 Å². The Morgan fingerprint density at radius 2 is 2.20 bits per heavy atom. The molecule has 2 aliphatic rings. The molecular weight excluding hydrogens is 276 g/mol. The van der Waals surface area contributed by atoms with E-state index in [1.807, 2.05) is 12.1 Å². The summed E-state index contributed by atoms with van der Waals surface area (Å²) in [5.41, 5.74) is 3.09. The third-order valence-corrected chi connectivity index (χ3v) is 5.39. The van der Waals surface area contributed by atoms with E-state index in [9.17, 15) is 13.5 Å². The number of hydrogen-bond donors (Lipinski definition) is 2. The van der Waals surface area contributed by atoms with Crippen molar-refractivity contribution in [3.05, 3.63) is 41.4 Å². The van der Waals surface area contributed by atoms with Crippen LogP contribution < -0.4 is 9.03 Å². The second-order valence-electron chi connectivity index (χ2n) is 5.39. The van der Waals surface area contributed by atoms with Crippen molar-refractivity contribution in [3.63, 3.8) is 0 Å². The Hall–Kier alpha value is -1.69. The molecule has 0 radical (unpaired) electrons. The maximum Gasteiger partial charge on any atom is 0.330 e. The molecule has 0 amide bonds. The number of nitrogens with zero attached hydrogens (tertiary/aromatic N) is 1. The highest BCUT2D eigenvalue weighted by molar-refractivity contribution is 7.91. The fraction of sp³-hybridized carbons (Fsp3) is 0.429. The zero-order valence-electron chi connectivity index (χ0n) is 11.3. The Morgan fingerprint density at radius 1 is 1.40 bits per heavy atom. The van der Waals surface area contributed by atoms with Gasteiger partial charge in [0.25, 0.3) is 0 Å². The zero-order valence-corrected chi connectivity index (χ0v) is 12.2. The van der Waals surface area contributed by atoms with Crippen LogP contribution in [0.4, 0.5) is 5.69 Å². The van der Waals surface area contributed by atoms with Gasteiger partial charge in [0, 0.05) is 0 Å². The van der Waals surface area contributed by atoms with Gasteiger partial charge >= 0.3 is 10.2 Å². The lowest BCUT2D eigenvalue weighted by Crippen LogP contribution is -2.29. The highest BCUT2D eigenvalue weighted by Crippen LogP contribution is 2.32. The van der Waals surface area contributed by atoms with Crippen molar-refractivity contribution in [3.8, 4) is 0 Å². The maximum absolute atomic E-state index is 11.9. The van der Waals surface area contributed by atoms with Crippen LogP contribution >= 0.6 is 0 Å². The normalized spacial score (nSPS) is 23.9. The molecule has 3 rings (SSSR count). The molecule has 1 atom stereocenters. The average molecular weight is 294 g/mol. The van der Waals surface area contributed by atoms with Gasteiger partial charge in [0.1, 0.15) is 0 Å². The molecule has 1 aromatic carbocycles. The minimum atomic E-state index is -3.69. The molecule has 0 saturated carbocycles. The van der Waals surface area contributed by atoms with E-state index in [1.54, 1.807) is 6.07 Å². The summed E-state index contributed by atoms with van der Waals surface area (Å²) in [6.07, 6.45) is 5.59. The monoisotopic (exact) mass is 294 g/mol. The summed E-state index contributed by atoms with van der Waals surface area (Å²) in [6.45, 7) is 2.19. The molecule has 0 fully saturated rings. The average Bonchev–Trinajstić information content (AvgIpc) is 2.70. The molecular formula is C14H18N2O3S. The van der Waals surface area contributed by atoms with Gasteiger partial charge in [0.15, 0.2) is 0 Å². The summed E-state index contributed by atoms with van der Waals surface area (Å²) in [4.78, 5) is 0. The second-order valence-corrected chi connectivity index (χ2v) is 6.93. The van der Waals surface area contributed by atoms with Crippen LogP contribution in [-0.4, -0.2) is 13.5 Å². The number of hydrogen-bond acceptors (Lipinski definition) is 3. The molecule has 0 aromatic heterocycles. The van der Waals surface area contributed by atoms with Crippen molar-refractivity contribution in [1.82, 2.24) is 4.72 Å². The molecule has 20 heavy (non-hydrogen) atoms. The minimum Gasteiger partial charge on any atom is -0.493 e. The Kier molecular flexibility index (Phi) is 3.12. The van der Waals surface area contributed by atoms with Gasteiger partial charge in [-0.3, -0.25) is 0 Å². The minimum absolute atomic E-state index is 0.353. The molecule has 2 N–H and O–H groups in total. The molecule has 0 bridgehead atoms. The smallest absolute Gasteiger partial charge is 0.330 e. The maximum atomic E-state index is 11.9. The lowest BCUT2D eigenvalue weighted by molar-refractivity contribution is 0.392. The third kappa shape index (κ3) is 2.24. The van der Waals surface area contributed by atoms with Crippen molar-refractivity contribution >= 4 is 15.9 Å². The number of nitrogens with one attached hydrogen (secondary N) is 1. The van der Waals surface area contributed by atoms with Crippen molar-refractivity contribution in [2.75, 3.05) is 4.31 Å². The Morgan fingerprint density at radius 3 is 2.85 bits per heavy atom. The van der Waals surface area contributed by atoms with Gasteiger partial charge in [-0.05, 0) is 48.4 Å². The molecule has 0 spiro atoms. The highest BCUT2D eigenvalue weighted by Gasteiger charge is 2.29. The fourth-order valence-electron chi connectivity index (χ4n) is 2.91. The van der Waals surface area contributed by atoms with Gasteiger partial charge in [-0.25, -0.2) is 9.03 Å². The van der Waals surface area contributed by atoms with E-state index >= 15 is 0 Å². The standard InChI is InChI=1S/C14H18N2O3S/c1-2-10-3-4-11-5-6-13(8-12(11)7-10)16-9-14(17)15-20(16,18)19/h5-6,8-10,15,17H,2-4,7H2,1H3. The molecule has 5 nitrogen and oxygen atoms in total. The summed E-state index contributed by atoms with van der Waals surface area (Å²) >= 11 is 0. The van der Waals surface area contributed by atoms with Crippen molar-refractivity contribution in [1.29, 1.82) is 0 Å². The number of benzene rings is 1. The molecule has 6 heteroatoms. The lowest BCUT2D eigenvalue weighted by atomic mass is 9.82. The predicted molar refractivity (Wildman–Crippen MR) is 77.5 cm³/mol. The van der Waals surface area contributed by atoms with E-state index in [0.29, 0.717) is 11.6 Å². The molecule has 1 aliphatic carbocycles. The number of fused-ring (bicyclic) bond motifs is 1. The summed E-state index contributed by atoms with van der Waals surface area (Å²) in [5, 5.41) is 9.34. The SMILES string of the molecule is CCC1CCc2ccc(N3C=C(O)NS3(=O)=O)cc2C1. The molecule has 1 heterocycles. The first kappa shape index (κ1) is 13.3. The zero-order chi connectivity index (χ0) is 14.3. The summed E-state index contributed by atoms with van der Waals surface area (Å²) in [7, 11) is -3.69. The van der Waals surface area contributed by atoms with Gasteiger partial charge in [0.2, 0.25) is 5.88 Å². The van der Waals surface area contributed by atoms with Crippen LogP contribution in [0.1, 0.15) is 30.9 Å². The number of aliphatic hydroxyl groups excluding tert-OH is 1. The Balaban J connectivity index is 1.97. The second kappa shape index (κ2) is 4.70. The molecule has 1 unspecified atom stereocenters. The first-order valence-corrected chi connectivity index (χ1v) is 8.28. The predicted octanol–water partition coefficient (Wildman–Crippen LogP) is 2.21. The van der Waals surface area contributed by atoms with E-state index in [-0.39, 0.29) is 5.88 Å². The Labute approximate surface area is 119 Å². The van der Waals surface area contributed by atoms with Gasteiger partial charge in [-0.15, -0.1) is 0 Å².